The zero-order chi connectivity index (χ0) is 19.7. The SMILES string of the molecule is Bc1nccc2c(C(=O)C(=O)N3CCN(C(=O)c4ccccc4)CC3)c[nH]c12. The maximum atomic E-state index is 12.8. The molecule has 1 saturated heterocycles. The molecule has 1 aliphatic rings. The highest BCUT2D eigenvalue weighted by Crippen LogP contribution is 2.17. The van der Waals surface area contributed by atoms with Crippen molar-refractivity contribution < 1.29 is 14.4 Å². The quantitative estimate of drug-likeness (QED) is 0.397. The first kappa shape index (κ1) is 18.0. The first-order valence-electron chi connectivity index (χ1n) is 9.17. The maximum absolute atomic E-state index is 12.8. The highest BCUT2D eigenvalue weighted by atomic mass is 16.2. The van der Waals surface area contributed by atoms with Crippen molar-refractivity contribution in [1.82, 2.24) is 19.8 Å². The molecule has 1 aromatic carbocycles. The molecule has 140 valence electrons. The van der Waals surface area contributed by atoms with Crippen LogP contribution in [0.5, 0.6) is 0 Å². The third-order valence-corrected chi connectivity index (χ3v) is 5.11. The Morgan fingerprint density at radius 2 is 1.64 bits per heavy atom. The molecule has 1 fully saturated rings. The molecule has 28 heavy (non-hydrogen) atoms. The number of ketones is 1. The van der Waals surface area contributed by atoms with E-state index in [1.165, 1.54) is 4.90 Å². The van der Waals surface area contributed by atoms with Crippen LogP contribution >= 0.6 is 0 Å². The number of carbonyl (C=O) groups excluding carboxylic acids is 3. The van der Waals surface area contributed by atoms with E-state index in [1.54, 1.807) is 35.5 Å². The number of benzene rings is 1. The molecule has 7 nitrogen and oxygen atoms in total. The molecule has 1 aliphatic heterocycles. The van der Waals surface area contributed by atoms with Crippen LogP contribution in [-0.2, 0) is 4.79 Å². The number of hydrogen-bond acceptors (Lipinski definition) is 4. The summed E-state index contributed by atoms with van der Waals surface area (Å²) in [5.74, 6) is -1.14. The molecule has 2 amide bonds. The van der Waals surface area contributed by atoms with Crippen molar-refractivity contribution in [2.45, 2.75) is 0 Å². The van der Waals surface area contributed by atoms with Gasteiger partial charge in [0.25, 0.3) is 17.6 Å². The lowest BCUT2D eigenvalue weighted by Gasteiger charge is -2.34. The third-order valence-electron chi connectivity index (χ3n) is 5.11. The topological polar surface area (TPSA) is 86.4 Å². The van der Waals surface area contributed by atoms with Crippen LogP contribution in [0.1, 0.15) is 20.7 Å². The molecule has 8 heteroatoms. The van der Waals surface area contributed by atoms with Crippen LogP contribution in [0.15, 0.2) is 48.8 Å². The van der Waals surface area contributed by atoms with Crippen LogP contribution < -0.4 is 5.59 Å². The number of rotatable bonds is 3. The standard InChI is InChI=1S/C20H19BN4O3/c21-18-16-14(6-7-22-18)15(12-23-16)17(26)20(28)25-10-8-24(9-11-25)19(27)13-4-2-1-3-5-13/h1-7,12,23H,8-11,21H2. The zero-order valence-electron chi connectivity index (χ0n) is 15.5. The Morgan fingerprint density at radius 1 is 0.964 bits per heavy atom. The second kappa shape index (κ2) is 7.30. The minimum Gasteiger partial charge on any atom is -0.360 e. The number of piperazine rings is 1. The maximum Gasteiger partial charge on any atom is 0.295 e. The molecule has 0 unspecified atom stereocenters. The average Bonchev–Trinajstić information content (AvgIpc) is 3.18. The van der Waals surface area contributed by atoms with Crippen molar-refractivity contribution in [3.8, 4) is 0 Å². The smallest absolute Gasteiger partial charge is 0.295 e. The van der Waals surface area contributed by atoms with Gasteiger partial charge in [-0.2, -0.15) is 0 Å². The average molecular weight is 374 g/mol. The van der Waals surface area contributed by atoms with Gasteiger partial charge >= 0.3 is 0 Å². The zero-order valence-corrected chi connectivity index (χ0v) is 15.5. The second-order valence-electron chi connectivity index (χ2n) is 6.80. The van der Waals surface area contributed by atoms with E-state index in [0.29, 0.717) is 42.7 Å². The van der Waals surface area contributed by atoms with Crippen LogP contribution in [0.3, 0.4) is 0 Å². The van der Waals surface area contributed by atoms with Gasteiger partial charge in [-0.25, -0.2) is 0 Å². The largest absolute Gasteiger partial charge is 0.360 e. The summed E-state index contributed by atoms with van der Waals surface area (Å²) in [4.78, 5) is 48.4. The minimum absolute atomic E-state index is 0.0568. The monoisotopic (exact) mass is 374 g/mol. The van der Waals surface area contributed by atoms with Gasteiger partial charge in [0.05, 0.1) is 11.1 Å². The summed E-state index contributed by atoms with van der Waals surface area (Å²) in [6, 6.07) is 10.8. The van der Waals surface area contributed by atoms with Crippen molar-refractivity contribution >= 4 is 41.9 Å². The number of carbonyl (C=O) groups is 3. The fourth-order valence-corrected chi connectivity index (χ4v) is 3.52. The molecule has 2 aromatic heterocycles. The van der Waals surface area contributed by atoms with Gasteiger partial charge in [0.2, 0.25) is 0 Å². The van der Waals surface area contributed by atoms with Gasteiger partial charge in [-0.1, -0.05) is 18.2 Å². The van der Waals surface area contributed by atoms with E-state index < -0.39 is 11.7 Å². The molecule has 0 aliphatic carbocycles. The Balaban J connectivity index is 1.44. The fourth-order valence-electron chi connectivity index (χ4n) is 3.52. The fraction of sp³-hybridized carbons (Fsp3) is 0.200. The van der Waals surface area contributed by atoms with Gasteiger partial charge in [-0.3, -0.25) is 19.4 Å². The number of nitrogens with zero attached hydrogens (tertiary/aromatic N) is 3. The number of nitrogens with one attached hydrogen (secondary N) is 1. The lowest BCUT2D eigenvalue weighted by Crippen LogP contribution is -2.52. The van der Waals surface area contributed by atoms with E-state index >= 15 is 0 Å². The van der Waals surface area contributed by atoms with Crippen LogP contribution in [0.4, 0.5) is 0 Å². The molecular formula is C20H19BN4O3. The summed E-state index contributed by atoms with van der Waals surface area (Å²) in [5, 5.41) is 0.698. The van der Waals surface area contributed by atoms with Crippen molar-refractivity contribution in [1.29, 1.82) is 0 Å². The van der Waals surface area contributed by atoms with E-state index in [0.717, 1.165) is 11.1 Å². The Labute approximate surface area is 162 Å². The van der Waals surface area contributed by atoms with Crippen LogP contribution in [0.2, 0.25) is 0 Å². The molecule has 3 aromatic rings. The van der Waals surface area contributed by atoms with Gasteiger partial charge in [-0.05, 0) is 18.2 Å². The van der Waals surface area contributed by atoms with Gasteiger partial charge in [0, 0.05) is 55.1 Å². The van der Waals surface area contributed by atoms with Crippen molar-refractivity contribution in [2.24, 2.45) is 0 Å². The molecular weight excluding hydrogens is 355 g/mol. The van der Waals surface area contributed by atoms with Gasteiger partial charge in [0.15, 0.2) is 7.85 Å². The van der Waals surface area contributed by atoms with E-state index in [4.69, 9.17) is 0 Å². The predicted octanol–water partition coefficient (Wildman–Crippen LogP) is -0.0114. The highest BCUT2D eigenvalue weighted by molar-refractivity contribution is 6.46. The molecule has 3 heterocycles. The molecule has 4 rings (SSSR count). The van der Waals surface area contributed by atoms with Gasteiger partial charge in [0.1, 0.15) is 0 Å². The van der Waals surface area contributed by atoms with Gasteiger partial charge < -0.3 is 14.8 Å². The van der Waals surface area contributed by atoms with E-state index in [-0.39, 0.29) is 5.91 Å². The predicted molar refractivity (Wildman–Crippen MR) is 108 cm³/mol. The lowest BCUT2D eigenvalue weighted by atomic mass is 9.99. The second-order valence-corrected chi connectivity index (χ2v) is 6.80. The molecule has 0 atom stereocenters. The van der Waals surface area contributed by atoms with Gasteiger partial charge in [-0.15, -0.1) is 0 Å². The van der Waals surface area contributed by atoms with E-state index in [1.807, 2.05) is 26.0 Å². The number of aromatic nitrogens is 2. The Kier molecular flexibility index (Phi) is 4.69. The first-order valence-corrected chi connectivity index (χ1v) is 9.17. The number of H-pyrrole nitrogens is 1. The Bertz CT molecular complexity index is 1060. The van der Waals surface area contributed by atoms with Crippen LogP contribution in [0, 0.1) is 0 Å². The number of aromatic amines is 1. The van der Waals surface area contributed by atoms with Crippen molar-refractivity contribution in [2.75, 3.05) is 26.2 Å². The lowest BCUT2D eigenvalue weighted by molar-refractivity contribution is -0.127. The van der Waals surface area contributed by atoms with E-state index in [2.05, 4.69) is 9.97 Å². The van der Waals surface area contributed by atoms with E-state index in [9.17, 15) is 14.4 Å². The normalized spacial score (nSPS) is 14.3. The Hall–Kier alpha value is -3.42. The van der Waals surface area contributed by atoms with Crippen LogP contribution in [-0.4, -0.2) is 71.4 Å². The highest BCUT2D eigenvalue weighted by Gasteiger charge is 2.30. The summed E-state index contributed by atoms with van der Waals surface area (Å²) >= 11 is 0. The number of amides is 2. The number of fused-ring (bicyclic) bond motifs is 1. The summed E-state index contributed by atoms with van der Waals surface area (Å²) in [7, 11) is 1.85. The summed E-state index contributed by atoms with van der Waals surface area (Å²) in [6.45, 7) is 1.49. The van der Waals surface area contributed by atoms with Crippen molar-refractivity contribution in [3.63, 3.8) is 0 Å². The summed E-state index contributed by atoms with van der Waals surface area (Å²) < 4.78 is 0. The number of hydrogen-bond donors (Lipinski definition) is 1. The summed E-state index contributed by atoms with van der Waals surface area (Å²) in [5.41, 5.74) is 2.52. The Morgan fingerprint density at radius 3 is 2.36 bits per heavy atom. The summed E-state index contributed by atoms with van der Waals surface area (Å²) in [6.07, 6.45) is 3.19. The van der Waals surface area contributed by atoms with Crippen LogP contribution in [0.25, 0.3) is 10.9 Å². The molecule has 0 radical (unpaired) electrons. The molecule has 1 N–H and O–H groups in total. The number of pyridine rings is 1. The minimum atomic E-state index is -0.542. The molecule has 0 saturated carbocycles. The number of Topliss-reactive ketones (excluding diaryl/α,β-unsaturated/α-hetero) is 1. The molecule has 0 spiro atoms. The third kappa shape index (κ3) is 3.17. The first-order chi connectivity index (χ1) is 13.6. The molecule has 0 bridgehead atoms. The van der Waals surface area contributed by atoms with Crippen molar-refractivity contribution in [3.05, 3.63) is 59.9 Å².